The van der Waals surface area contributed by atoms with E-state index in [2.05, 4.69) is 53.2 Å². The molecule has 3 aromatic rings. The first-order valence-corrected chi connectivity index (χ1v) is 9.10. The minimum Gasteiger partial charge on any atom is -0.318 e. The van der Waals surface area contributed by atoms with Gasteiger partial charge in [-0.15, -0.1) is 0 Å². The Bertz CT molecular complexity index is 1020. The first-order valence-electron chi connectivity index (χ1n) is 8.72. The van der Waals surface area contributed by atoms with Crippen molar-refractivity contribution in [3.05, 3.63) is 87.2 Å². The van der Waals surface area contributed by atoms with Crippen LogP contribution >= 0.6 is 11.6 Å². The van der Waals surface area contributed by atoms with E-state index in [1.54, 1.807) is 18.3 Å². The smallest absolute Gasteiger partial charge is 0.272 e. The molecule has 4 nitrogen and oxygen atoms in total. The fourth-order valence-corrected chi connectivity index (χ4v) is 3.36. The fourth-order valence-electron chi connectivity index (χ4n) is 3.03. The molecule has 0 aliphatic rings. The van der Waals surface area contributed by atoms with E-state index in [4.69, 9.17) is 11.6 Å². The van der Waals surface area contributed by atoms with Crippen molar-refractivity contribution in [1.29, 1.82) is 0 Å². The lowest BCUT2D eigenvalue weighted by atomic mass is 10.1. The molecule has 0 fully saturated rings. The SMILES string of the molecule is Cc1ccc(-n2c(C)cc(/C=N\NC(=O)c3ccc(C)cc3Cl)c2C)cc1. The molecule has 0 saturated heterocycles. The first-order chi connectivity index (χ1) is 12.9. The minimum atomic E-state index is -0.330. The molecule has 27 heavy (non-hydrogen) atoms. The predicted molar refractivity (Wildman–Crippen MR) is 111 cm³/mol. The molecule has 0 saturated carbocycles. The molecule has 0 unspecified atom stereocenters. The number of carbonyl (C=O) groups is 1. The lowest BCUT2D eigenvalue weighted by Gasteiger charge is -2.09. The maximum atomic E-state index is 12.3. The second-order valence-corrected chi connectivity index (χ2v) is 7.09. The number of benzene rings is 2. The Morgan fingerprint density at radius 2 is 1.67 bits per heavy atom. The van der Waals surface area contributed by atoms with Crippen LogP contribution in [0.1, 0.15) is 38.4 Å². The molecule has 1 aromatic heterocycles. The van der Waals surface area contributed by atoms with E-state index in [1.807, 2.05) is 26.0 Å². The number of amides is 1. The molecule has 138 valence electrons. The van der Waals surface area contributed by atoms with Crippen LogP contribution in [0.15, 0.2) is 53.6 Å². The Morgan fingerprint density at radius 1 is 1.00 bits per heavy atom. The van der Waals surface area contributed by atoms with E-state index in [0.29, 0.717) is 10.6 Å². The molecule has 3 rings (SSSR count). The Hall–Kier alpha value is -2.85. The molecule has 0 aliphatic carbocycles. The van der Waals surface area contributed by atoms with Gasteiger partial charge in [-0.3, -0.25) is 4.79 Å². The average molecular weight is 380 g/mol. The van der Waals surface area contributed by atoms with Gasteiger partial charge in [0, 0.05) is 22.6 Å². The van der Waals surface area contributed by atoms with Crippen LogP contribution in [0.3, 0.4) is 0 Å². The van der Waals surface area contributed by atoms with Gasteiger partial charge in [0.25, 0.3) is 5.91 Å². The quantitative estimate of drug-likeness (QED) is 0.495. The van der Waals surface area contributed by atoms with Gasteiger partial charge in [0.1, 0.15) is 0 Å². The van der Waals surface area contributed by atoms with E-state index in [-0.39, 0.29) is 5.91 Å². The van der Waals surface area contributed by atoms with Crippen LogP contribution < -0.4 is 5.43 Å². The van der Waals surface area contributed by atoms with Crippen molar-refractivity contribution in [2.45, 2.75) is 27.7 Å². The second kappa shape index (κ2) is 7.80. The van der Waals surface area contributed by atoms with Crippen molar-refractivity contribution in [3.63, 3.8) is 0 Å². The number of nitrogens with zero attached hydrogens (tertiary/aromatic N) is 2. The maximum Gasteiger partial charge on any atom is 0.272 e. The third-order valence-corrected chi connectivity index (χ3v) is 4.81. The Balaban J connectivity index is 1.79. The number of carbonyl (C=O) groups excluding carboxylic acids is 1. The summed E-state index contributed by atoms with van der Waals surface area (Å²) in [4.78, 5) is 12.3. The third kappa shape index (κ3) is 4.12. The van der Waals surface area contributed by atoms with E-state index >= 15 is 0 Å². The molecule has 5 heteroatoms. The number of rotatable bonds is 4. The van der Waals surface area contributed by atoms with Gasteiger partial charge >= 0.3 is 0 Å². The van der Waals surface area contributed by atoms with E-state index < -0.39 is 0 Å². The molecule has 0 radical (unpaired) electrons. The summed E-state index contributed by atoms with van der Waals surface area (Å²) in [5, 5.41) is 4.52. The molecule has 0 atom stereocenters. The average Bonchev–Trinajstić information content (AvgIpc) is 2.89. The van der Waals surface area contributed by atoms with Crippen molar-refractivity contribution in [2.24, 2.45) is 5.10 Å². The van der Waals surface area contributed by atoms with Gasteiger partial charge in [0.15, 0.2) is 0 Å². The van der Waals surface area contributed by atoms with Crippen LogP contribution in [-0.2, 0) is 0 Å². The Morgan fingerprint density at radius 3 is 2.33 bits per heavy atom. The van der Waals surface area contributed by atoms with Gasteiger partial charge in [-0.05, 0) is 63.6 Å². The number of hydrazone groups is 1. The molecule has 1 N–H and O–H groups in total. The summed E-state index contributed by atoms with van der Waals surface area (Å²) in [6.07, 6.45) is 1.66. The first kappa shape index (κ1) is 18.9. The summed E-state index contributed by atoms with van der Waals surface area (Å²) in [6, 6.07) is 15.7. The highest BCUT2D eigenvalue weighted by Gasteiger charge is 2.11. The van der Waals surface area contributed by atoms with Crippen LogP contribution in [0, 0.1) is 27.7 Å². The van der Waals surface area contributed by atoms with Gasteiger partial charge in [0.05, 0.1) is 16.8 Å². The lowest BCUT2D eigenvalue weighted by molar-refractivity contribution is 0.0955. The topological polar surface area (TPSA) is 46.4 Å². The van der Waals surface area contributed by atoms with Gasteiger partial charge in [0.2, 0.25) is 0 Å². The van der Waals surface area contributed by atoms with Crippen LogP contribution in [0.2, 0.25) is 5.02 Å². The molecule has 1 amide bonds. The van der Waals surface area contributed by atoms with Crippen molar-refractivity contribution < 1.29 is 4.79 Å². The summed E-state index contributed by atoms with van der Waals surface area (Å²) < 4.78 is 2.17. The van der Waals surface area contributed by atoms with E-state index in [0.717, 1.165) is 28.2 Å². The van der Waals surface area contributed by atoms with E-state index in [1.165, 1.54) is 5.56 Å². The minimum absolute atomic E-state index is 0.330. The van der Waals surface area contributed by atoms with Crippen LogP contribution in [0.4, 0.5) is 0 Å². The van der Waals surface area contributed by atoms with Crippen molar-refractivity contribution in [1.82, 2.24) is 9.99 Å². The van der Waals surface area contributed by atoms with Gasteiger partial charge in [-0.2, -0.15) is 5.10 Å². The molecule has 1 heterocycles. The zero-order valence-electron chi connectivity index (χ0n) is 15.9. The zero-order valence-corrected chi connectivity index (χ0v) is 16.6. The lowest BCUT2D eigenvalue weighted by Crippen LogP contribution is -2.18. The highest BCUT2D eigenvalue weighted by atomic mass is 35.5. The predicted octanol–water partition coefficient (Wildman–Crippen LogP) is 5.13. The van der Waals surface area contributed by atoms with Gasteiger partial charge < -0.3 is 4.57 Å². The number of aromatic nitrogens is 1. The normalized spacial score (nSPS) is 11.1. The van der Waals surface area contributed by atoms with Crippen molar-refractivity contribution in [2.75, 3.05) is 0 Å². The van der Waals surface area contributed by atoms with E-state index in [9.17, 15) is 4.79 Å². The van der Waals surface area contributed by atoms with Gasteiger partial charge in [-0.1, -0.05) is 35.4 Å². The molecular weight excluding hydrogens is 358 g/mol. The van der Waals surface area contributed by atoms with Crippen LogP contribution in [-0.4, -0.2) is 16.7 Å². The van der Waals surface area contributed by atoms with Gasteiger partial charge in [-0.25, -0.2) is 5.43 Å². The van der Waals surface area contributed by atoms with Crippen LogP contribution in [0.25, 0.3) is 5.69 Å². The molecule has 0 spiro atoms. The second-order valence-electron chi connectivity index (χ2n) is 6.68. The number of hydrogen-bond donors (Lipinski definition) is 1. The number of hydrogen-bond acceptors (Lipinski definition) is 2. The Labute approximate surface area is 164 Å². The highest BCUT2D eigenvalue weighted by Crippen LogP contribution is 2.20. The number of halogens is 1. The molecule has 0 bridgehead atoms. The summed E-state index contributed by atoms with van der Waals surface area (Å²) in [6.45, 7) is 8.08. The summed E-state index contributed by atoms with van der Waals surface area (Å²) in [7, 11) is 0. The van der Waals surface area contributed by atoms with Crippen molar-refractivity contribution in [3.8, 4) is 5.69 Å². The van der Waals surface area contributed by atoms with Crippen LogP contribution in [0.5, 0.6) is 0 Å². The highest BCUT2D eigenvalue weighted by molar-refractivity contribution is 6.33. The number of nitrogens with one attached hydrogen (secondary N) is 1. The molecular formula is C22H22ClN3O. The zero-order chi connectivity index (χ0) is 19.6. The maximum absolute atomic E-state index is 12.3. The number of aryl methyl sites for hydroxylation is 3. The summed E-state index contributed by atoms with van der Waals surface area (Å²) >= 11 is 6.13. The van der Waals surface area contributed by atoms with Crippen molar-refractivity contribution >= 4 is 23.7 Å². The largest absolute Gasteiger partial charge is 0.318 e. The summed E-state index contributed by atoms with van der Waals surface area (Å²) in [5.41, 5.74) is 9.39. The Kier molecular flexibility index (Phi) is 5.47. The molecule has 2 aromatic carbocycles. The standard InChI is InChI=1S/C22H22ClN3O/c1-14-5-8-19(9-6-14)26-16(3)12-18(17(26)4)13-24-25-22(27)20-10-7-15(2)11-21(20)23/h5-13H,1-4H3,(H,25,27)/b24-13-. The third-order valence-electron chi connectivity index (χ3n) is 4.50. The molecule has 0 aliphatic heterocycles. The fraction of sp³-hybridized carbons (Fsp3) is 0.182. The monoisotopic (exact) mass is 379 g/mol. The summed E-state index contributed by atoms with van der Waals surface area (Å²) in [5.74, 6) is -0.330.